The van der Waals surface area contributed by atoms with Crippen LogP contribution in [0.25, 0.3) is 5.57 Å². The molecular formula is C24H19FN2O4. The van der Waals surface area contributed by atoms with Gasteiger partial charge in [0, 0.05) is 5.56 Å². The Morgan fingerprint density at radius 1 is 0.774 bits per heavy atom. The average Bonchev–Trinajstić information content (AvgIpc) is 3.03. The normalized spacial score (nSPS) is 13.6. The van der Waals surface area contributed by atoms with Gasteiger partial charge in [-0.25, -0.2) is 9.29 Å². The van der Waals surface area contributed by atoms with E-state index in [9.17, 15) is 14.0 Å². The minimum absolute atomic E-state index is 0.00209. The lowest BCUT2D eigenvalue weighted by Gasteiger charge is -2.16. The third-order valence-electron chi connectivity index (χ3n) is 4.92. The SMILES string of the molecule is COc1ccccc1NC1=C(c2ccccc2OC)C(=O)N(c2ccccc2F)C1=O. The Labute approximate surface area is 178 Å². The summed E-state index contributed by atoms with van der Waals surface area (Å²) in [6, 6.07) is 19.5. The summed E-state index contributed by atoms with van der Waals surface area (Å²) in [7, 11) is 2.98. The van der Waals surface area contributed by atoms with Crippen LogP contribution in [0, 0.1) is 5.82 Å². The molecule has 1 aliphatic rings. The second kappa shape index (κ2) is 8.31. The van der Waals surface area contributed by atoms with E-state index in [1.165, 1.54) is 32.4 Å². The van der Waals surface area contributed by atoms with Gasteiger partial charge in [0.2, 0.25) is 0 Å². The number of rotatable bonds is 6. The molecule has 3 aromatic rings. The number of imide groups is 1. The van der Waals surface area contributed by atoms with Crippen molar-refractivity contribution >= 4 is 28.8 Å². The van der Waals surface area contributed by atoms with Crippen molar-refractivity contribution in [1.29, 1.82) is 0 Å². The van der Waals surface area contributed by atoms with Gasteiger partial charge in [0.1, 0.15) is 23.0 Å². The molecule has 0 bridgehead atoms. The molecule has 3 aromatic carbocycles. The third kappa shape index (κ3) is 3.50. The topological polar surface area (TPSA) is 67.9 Å². The van der Waals surface area contributed by atoms with Gasteiger partial charge in [0.05, 0.1) is 31.2 Å². The van der Waals surface area contributed by atoms with Gasteiger partial charge in [-0.3, -0.25) is 9.59 Å². The largest absolute Gasteiger partial charge is 0.496 e. The predicted octanol–water partition coefficient (Wildman–Crippen LogP) is 4.24. The first kappa shape index (κ1) is 20.2. The lowest BCUT2D eigenvalue weighted by atomic mass is 10.0. The van der Waals surface area contributed by atoms with Crippen molar-refractivity contribution in [2.75, 3.05) is 24.4 Å². The molecule has 0 spiro atoms. The van der Waals surface area contributed by atoms with E-state index in [2.05, 4.69) is 5.32 Å². The summed E-state index contributed by atoms with van der Waals surface area (Å²) in [6.45, 7) is 0. The molecule has 0 radical (unpaired) electrons. The number of halogens is 1. The van der Waals surface area contributed by atoms with Crippen LogP contribution in [0.15, 0.2) is 78.5 Å². The highest BCUT2D eigenvalue weighted by molar-refractivity contribution is 6.46. The van der Waals surface area contributed by atoms with Crippen molar-refractivity contribution in [3.8, 4) is 11.5 Å². The smallest absolute Gasteiger partial charge is 0.282 e. The standard InChI is InChI=1S/C24H19FN2O4/c1-30-19-13-7-3-9-15(19)21-22(26-17-11-5-8-14-20(17)31-2)24(29)27(23(21)28)18-12-6-4-10-16(18)25/h3-14,26H,1-2H3. The number of ether oxygens (including phenoxy) is 2. The van der Waals surface area contributed by atoms with E-state index < -0.39 is 17.6 Å². The first-order valence-electron chi connectivity index (χ1n) is 9.47. The molecule has 6 nitrogen and oxygen atoms in total. The average molecular weight is 418 g/mol. The molecule has 1 heterocycles. The molecule has 156 valence electrons. The van der Waals surface area contributed by atoms with Crippen LogP contribution in [0.3, 0.4) is 0 Å². The number of nitrogens with one attached hydrogen (secondary N) is 1. The quantitative estimate of drug-likeness (QED) is 0.607. The fourth-order valence-electron chi connectivity index (χ4n) is 3.48. The van der Waals surface area contributed by atoms with Gasteiger partial charge in [-0.1, -0.05) is 42.5 Å². The van der Waals surface area contributed by atoms with Crippen LogP contribution >= 0.6 is 0 Å². The fourth-order valence-corrected chi connectivity index (χ4v) is 3.48. The van der Waals surface area contributed by atoms with Crippen LogP contribution < -0.4 is 19.7 Å². The molecule has 0 saturated heterocycles. The van der Waals surface area contributed by atoms with Crippen molar-refractivity contribution in [3.63, 3.8) is 0 Å². The number of carbonyl (C=O) groups is 2. The number of amides is 2. The molecule has 1 N–H and O–H groups in total. The molecule has 7 heteroatoms. The van der Waals surface area contributed by atoms with Gasteiger partial charge in [-0.2, -0.15) is 0 Å². The van der Waals surface area contributed by atoms with Crippen LogP contribution in [0.1, 0.15) is 5.56 Å². The molecule has 0 unspecified atom stereocenters. The highest BCUT2D eigenvalue weighted by Gasteiger charge is 2.42. The first-order chi connectivity index (χ1) is 15.1. The van der Waals surface area contributed by atoms with E-state index in [0.717, 1.165) is 4.90 Å². The summed E-state index contributed by atoms with van der Waals surface area (Å²) in [5.41, 5.74) is 0.865. The summed E-state index contributed by atoms with van der Waals surface area (Å²) < 4.78 is 25.3. The Hall–Kier alpha value is -4.13. The summed E-state index contributed by atoms with van der Waals surface area (Å²) in [5, 5.41) is 3.02. The fraction of sp³-hybridized carbons (Fsp3) is 0.0833. The molecule has 0 aromatic heterocycles. The second-order valence-corrected chi connectivity index (χ2v) is 6.67. The maximum Gasteiger partial charge on any atom is 0.282 e. The summed E-state index contributed by atoms with van der Waals surface area (Å²) >= 11 is 0. The van der Waals surface area contributed by atoms with Gasteiger partial charge in [0.15, 0.2) is 0 Å². The maximum atomic E-state index is 14.5. The number of benzene rings is 3. The number of anilines is 2. The van der Waals surface area contributed by atoms with Crippen LogP contribution in [-0.4, -0.2) is 26.0 Å². The highest BCUT2D eigenvalue weighted by Crippen LogP contribution is 2.39. The van der Waals surface area contributed by atoms with E-state index in [1.807, 2.05) is 0 Å². The van der Waals surface area contributed by atoms with Crippen LogP contribution in [0.2, 0.25) is 0 Å². The molecule has 31 heavy (non-hydrogen) atoms. The van der Waals surface area contributed by atoms with Crippen LogP contribution in [0.5, 0.6) is 11.5 Å². The van der Waals surface area contributed by atoms with Crippen LogP contribution in [0.4, 0.5) is 15.8 Å². The van der Waals surface area contributed by atoms with Crippen molar-refractivity contribution < 1.29 is 23.5 Å². The van der Waals surface area contributed by atoms with Gasteiger partial charge < -0.3 is 14.8 Å². The molecule has 0 saturated carbocycles. The Morgan fingerprint density at radius 3 is 2.10 bits per heavy atom. The van der Waals surface area contributed by atoms with E-state index in [-0.39, 0.29) is 17.0 Å². The molecule has 0 atom stereocenters. The Morgan fingerprint density at radius 2 is 1.39 bits per heavy atom. The highest BCUT2D eigenvalue weighted by atomic mass is 19.1. The zero-order valence-corrected chi connectivity index (χ0v) is 16.9. The first-order valence-corrected chi connectivity index (χ1v) is 9.47. The molecule has 0 aliphatic carbocycles. The van der Waals surface area contributed by atoms with Gasteiger partial charge in [-0.05, 0) is 30.3 Å². The number of nitrogens with zero attached hydrogens (tertiary/aromatic N) is 1. The Kier molecular flexibility index (Phi) is 5.41. The zero-order chi connectivity index (χ0) is 22.0. The molecule has 0 fully saturated rings. The maximum absolute atomic E-state index is 14.5. The number of hydrogen-bond acceptors (Lipinski definition) is 5. The molecule has 1 aliphatic heterocycles. The van der Waals surface area contributed by atoms with Crippen LogP contribution in [-0.2, 0) is 9.59 Å². The van der Waals surface area contributed by atoms with Gasteiger partial charge >= 0.3 is 0 Å². The monoisotopic (exact) mass is 418 g/mol. The summed E-state index contributed by atoms with van der Waals surface area (Å²) in [6.07, 6.45) is 0. The van der Waals surface area contributed by atoms with E-state index in [0.29, 0.717) is 22.7 Å². The van der Waals surface area contributed by atoms with Crippen molar-refractivity contribution in [1.82, 2.24) is 0 Å². The molecule has 2 amide bonds. The molecule has 4 rings (SSSR count). The number of methoxy groups -OCH3 is 2. The zero-order valence-electron chi connectivity index (χ0n) is 16.9. The van der Waals surface area contributed by atoms with E-state index in [1.54, 1.807) is 54.6 Å². The summed E-state index contributed by atoms with van der Waals surface area (Å²) in [4.78, 5) is 27.7. The Balaban J connectivity index is 1.90. The summed E-state index contributed by atoms with van der Waals surface area (Å²) in [5.74, 6) is -1.12. The van der Waals surface area contributed by atoms with Crippen molar-refractivity contribution in [2.24, 2.45) is 0 Å². The van der Waals surface area contributed by atoms with E-state index in [4.69, 9.17) is 9.47 Å². The second-order valence-electron chi connectivity index (χ2n) is 6.67. The lowest BCUT2D eigenvalue weighted by Crippen LogP contribution is -2.33. The minimum Gasteiger partial charge on any atom is -0.496 e. The Bertz CT molecular complexity index is 1210. The number of carbonyl (C=O) groups excluding carboxylic acids is 2. The minimum atomic E-state index is -0.679. The lowest BCUT2D eigenvalue weighted by molar-refractivity contribution is -0.120. The molecular weight excluding hydrogens is 399 g/mol. The van der Waals surface area contributed by atoms with Gasteiger partial charge in [-0.15, -0.1) is 0 Å². The number of hydrogen-bond donors (Lipinski definition) is 1. The number of para-hydroxylation sites is 4. The van der Waals surface area contributed by atoms with Crippen molar-refractivity contribution in [2.45, 2.75) is 0 Å². The third-order valence-corrected chi connectivity index (χ3v) is 4.92. The van der Waals surface area contributed by atoms with Crippen molar-refractivity contribution in [3.05, 3.63) is 89.9 Å². The predicted molar refractivity (Wildman–Crippen MR) is 115 cm³/mol. The van der Waals surface area contributed by atoms with Gasteiger partial charge in [0.25, 0.3) is 11.8 Å². The van der Waals surface area contributed by atoms with E-state index >= 15 is 0 Å².